The minimum absolute atomic E-state index is 0.987. The molecule has 3 heteroatoms. The Kier molecular flexibility index (Phi) is 3.91. The molecule has 0 spiro atoms. The first-order chi connectivity index (χ1) is 8.36. The lowest BCUT2D eigenvalue weighted by Gasteiger charge is -2.22. The molecule has 0 radical (unpaired) electrons. The maximum absolute atomic E-state index is 4.45. The molecule has 2 aromatic rings. The van der Waals surface area contributed by atoms with Crippen molar-refractivity contribution in [2.24, 2.45) is 0 Å². The summed E-state index contributed by atoms with van der Waals surface area (Å²) in [5.41, 5.74) is 1.02. The van der Waals surface area contributed by atoms with E-state index in [1.165, 1.54) is 12.8 Å². The summed E-state index contributed by atoms with van der Waals surface area (Å²) in [4.78, 5) is 11.1. The molecule has 1 aromatic carbocycles. The highest BCUT2D eigenvalue weighted by atomic mass is 15.2. The first kappa shape index (κ1) is 11.8. The zero-order chi connectivity index (χ0) is 12.1. The van der Waals surface area contributed by atoms with Crippen LogP contribution in [0.1, 0.15) is 26.7 Å². The number of rotatable bonds is 5. The van der Waals surface area contributed by atoms with Crippen LogP contribution in [-0.2, 0) is 0 Å². The summed E-state index contributed by atoms with van der Waals surface area (Å²) < 4.78 is 0. The van der Waals surface area contributed by atoms with Crippen LogP contribution in [-0.4, -0.2) is 23.1 Å². The molecule has 0 N–H and O–H groups in total. The quantitative estimate of drug-likeness (QED) is 0.788. The van der Waals surface area contributed by atoms with Crippen LogP contribution in [0.3, 0.4) is 0 Å². The highest BCUT2D eigenvalue weighted by molar-refractivity contribution is 5.89. The fourth-order valence-corrected chi connectivity index (χ4v) is 2.01. The van der Waals surface area contributed by atoms with E-state index in [4.69, 9.17) is 0 Å². The lowest BCUT2D eigenvalue weighted by Crippen LogP contribution is -2.25. The Morgan fingerprint density at radius 2 is 1.94 bits per heavy atom. The van der Waals surface area contributed by atoms with E-state index in [2.05, 4.69) is 34.8 Å². The van der Waals surface area contributed by atoms with Gasteiger partial charge in [0, 0.05) is 18.5 Å². The van der Waals surface area contributed by atoms with E-state index >= 15 is 0 Å². The van der Waals surface area contributed by atoms with E-state index in [0.29, 0.717) is 0 Å². The van der Waals surface area contributed by atoms with Gasteiger partial charge in [-0.15, -0.1) is 0 Å². The molecule has 2 rings (SSSR count). The monoisotopic (exact) mass is 229 g/mol. The second kappa shape index (κ2) is 5.62. The number of benzene rings is 1. The maximum Gasteiger partial charge on any atom is 0.139 e. The standard InChI is InChI=1S/C14H19N3/c1-3-5-10-17(4-2)14-12-8-6-7-9-13(12)15-11-16-14/h6-9,11H,3-5,10H2,1-2H3. The van der Waals surface area contributed by atoms with Crippen LogP contribution in [0, 0.1) is 0 Å². The average Bonchev–Trinajstić information content (AvgIpc) is 2.40. The maximum atomic E-state index is 4.45. The van der Waals surface area contributed by atoms with E-state index in [1.54, 1.807) is 6.33 Å². The third-order valence-electron chi connectivity index (χ3n) is 2.98. The Morgan fingerprint density at radius 3 is 2.71 bits per heavy atom. The van der Waals surface area contributed by atoms with Crippen molar-refractivity contribution in [3.05, 3.63) is 30.6 Å². The number of anilines is 1. The second-order valence-corrected chi connectivity index (χ2v) is 4.15. The zero-order valence-electron chi connectivity index (χ0n) is 10.6. The largest absolute Gasteiger partial charge is 0.356 e. The van der Waals surface area contributed by atoms with Gasteiger partial charge in [0.05, 0.1) is 5.52 Å². The highest BCUT2D eigenvalue weighted by Gasteiger charge is 2.09. The van der Waals surface area contributed by atoms with Gasteiger partial charge in [0.25, 0.3) is 0 Å². The van der Waals surface area contributed by atoms with Gasteiger partial charge in [-0.1, -0.05) is 25.5 Å². The van der Waals surface area contributed by atoms with Crippen molar-refractivity contribution >= 4 is 16.7 Å². The first-order valence-corrected chi connectivity index (χ1v) is 6.31. The minimum Gasteiger partial charge on any atom is -0.356 e. The van der Waals surface area contributed by atoms with Gasteiger partial charge in [0.15, 0.2) is 0 Å². The van der Waals surface area contributed by atoms with E-state index in [0.717, 1.165) is 29.8 Å². The normalized spacial score (nSPS) is 10.7. The molecule has 1 heterocycles. The molecular formula is C14H19N3. The summed E-state index contributed by atoms with van der Waals surface area (Å²) in [5.74, 6) is 1.06. The summed E-state index contributed by atoms with van der Waals surface area (Å²) in [7, 11) is 0. The van der Waals surface area contributed by atoms with Gasteiger partial charge in [-0.2, -0.15) is 0 Å². The molecule has 0 aliphatic carbocycles. The molecule has 0 aliphatic rings. The van der Waals surface area contributed by atoms with E-state index in [1.807, 2.05) is 18.2 Å². The SMILES string of the molecule is CCCCN(CC)c1ncnc2ccccc12. The van der Waals surface area contributed by atoms with Gasteiger partial charge in [-0.05, 0) is 25.5 Å². The second-order valence-electron chi connectivity index (χ2n) is 4.15. The van der Waals surface area contributed by atoms with Gasteiger partial charge in [0.1, 0.15) is 12.1 Å². The number of fused-ring (bicyclic) bond motifs is 1. The smallest absolute Gasteiger partial charge is 0.139 e. The zero-order valence-corrected chi connectivity index (χ0v) is 10.6. The number of aromatic nitrogens is 2. The van der Waals surface area contributed by atoms with E-state index in [-0.39, 0.29) is 0 Å². The Balaban J connectivity index is 2.38. The van der Waals surface area contributed by atoms with Crippen molar-refractivity contribution in [1.29, 1.82) is 0 Å². The number of para-hydroxylation sites is 1. The number of unbranched alkanes of at least 4 members (excludes halogenated alkanes) is 1. The lowest BCUT2D eigenvalue weighted by atomic mass is 10.2. The summed E-state index contributed by atoms with van der Waals surface area (Å²) >= 11 is 0. The van der Waals surface area contributed by atoms with Crippen molar-refractivity contribution in [1.82, 2.24) is 9.97 Å². The van der Waals surface area contributed by atoms with Crippen molar-refractivity contribution in [2.45, 2.75) is 26.7 Å². The molecule has 0 aliphatic heterocycles. The minimum atomic E-state index is 0.987. The molecule has 3 nitrogen and oxygen atoms in total. The summed E-state index contributed by atoms with van der Waals surface area (Å²) in [6.45, 7) is 6.44. The predicted octanol–water partition coefficient (Wildman–Crippen LogP) is 3.26. The molecule has 0 saturated carbocycles. The van der Waals surface area contributed by atoms with Gasteiger partial charge >= 0.3 is 0 Å². The van der Waals surface area contributed by atoms with Crippen molar-refractivity contribution in [2.75, 3.05) is 18.0 Å². The van der Waals surface area contributed by atoms with Crippen LogP contribution >= 0.6 is 0 Å². The first-order valence-electron chi connectivity index (χ1n) is 6.31. The van der Waals surface area contributed by atoms with Crippen molar-refractivity contribution in [3.8, 4) is 0 Å². The van der Waals surface area contributed by atoms with Crippen LogP contribution in [0.2, 0.25) is 0 Å². The number of hydrogen-bond acceptors (Lipinski definition) is 3. The van der Waals surface area contributed by atoms with Crippen LogP contribution in [0.5, 0.6) is 0 Å². The molecule has 0 bridgehead atoms. The molecule has 90 valence electrons. The molecule has 0 fully saturated rings. The summed E-state index contributed by atoms with van der Waals surface area (Å²) in [6.07, 6.45) is 4.07. The molecular weight excluding hydrogens is 210 g/mol. The van der Waals surface area contributed by atoms with E-state index in [9.17, 15) is 0 Å². The molecule has 1 aromatic heterocycles. The molecule has 0 saturated heterocycles. The molecule has 0 atom stereocenters. The van der Waals surface area contributed by atoms with Gasteiger partial charge in [0.2, 0.25) is 0 Å². The fourth-order valence-electron chi connectivity index (χ4n) is 2.01. The van der Waals surface area contributed by atoms with Crippen molar-refractivity contribution in [3.63, 3.8) is 0 Å². The van der Waals surface area contributed by atoms with Gasteiger partial charge in [-0.3, -0.25) is 0 Å². The molecule has 17 heavy (non-hydrogen) atoms. The van der Waals surface area contributed by atoms with Crippen LogP contribution in [0.25, 0.3) is 10.9 Å². The molecule has 0 amide bonds. The van der Waals surface area contributed by atoms with Crippen LogP contribution in [0.15, 0.2) is 30.6 Å². The van der Waals surface area contributed by atoms with Gasteiger partial charge < -0.3 is 4.90 Å². The third-order valence-corrected chi connectivity index (χ3v) is 2.98. The van der Waals surface area contributed by atoms with Crippen LogP contribution in [0.4, 0.5) is 5.82 Å². The highest BCUT2D eigenvalue weighted by Crippen LogP contribution is 2.22. The summed E-state index contributed by atoms with van der Waals surface area (Å²) in [5, 5.41) is 1.15. The number of hydrogen-bond donors (Lipinski definition) is 0. The molecule has 0 unspecified atom stereocenters. The van der Waals surface area contributed by atoms with E-state index < -0.39 is 0 Å². The number of nitrogens with zero attached hydrogens (tertiary/aromatic N) is 3. The van der Waals surface area contributed by atoms with Gasteiger partial charge in [-0.25, -0.2) is 9.97 Å². The Bertz CT molecular complexity index is 476. The fraction of sp³-hybridized carbons (Fsp3) is 0.429. The predicted molar refractivity (Wildman–Crippen MR) is 72.3 cm³/mol. The average molecular weight is 229 g/mol. The lowest BCUT2D eigenvalue weighted by molar-refractivity contribution is 0.726. The van der Waals surface area contributed by atoms with Crippen LogP contribution < -0.4 is 4.90 Å². The van der Waals surface area contributed by atoms with Crippen molar-refractivity contribution < 1.29 is 0 Å². The Morgan fingerprint density at radius 1 is 1.12 bits per heavy atom. The Hall–Kier alpha value is -1.64. The Labute approximate surface area is 103 Å². The summed E-state index contributed by atoms with van der Waals surface area (Å²) in [6, 6.07) is 8.19. The topological polar surface area (TPSA) is 29.0 Å². The third kappa shape index (κ3) is 2.54.